The van der Waals surface area contributed by atoms with Crippen molar-refractivity contribution in [3.05, 3.63) is 48.0 Å². The van der Waals surface area contributed by atoms with Crippen LogP contribution in [0.4, 0.5) is 0 Å². The van der Waals surface area contributed by atoms with E-state index in [4.69, 9.17) is 0 Å². The van der Waals surface area contributed by atoms with Gasteiger partial charge in [0.25, 0.3) is 0 Å². The lowest BCUT2D eigenvalue weighted by Crippen LogP contribution is -2.32. The van der Waals surface area contributed by atoms with Crippen LogP contribution in [0.2, 0.25) is 0 Å². The molecule has 0 unspecified atom stereocenters. The smallest absolute Gasteiger partial charge is 0.220 e. The molecule has 0 saturated heterocycles. The van der Waals surface area contributed by atoms with Gasteiger partial charge in [-0.05, 0) is 37.7 Å². The minimum absolute atomic E-state index is 0.170. The Balaban J connectivity index is 2.11. The number of amides is 1. The van der Waals surface area contributed by atoms with Gasteiger partial charge in [0.2, 0.25) is 5.91 Å². The van der Waals surface area contributed by atoms with E-state index in [1.165, 1.54) is 51.4 Å². The van der Waals surface area contributed by atoms with Crippen LogP contribution < -0.4 is 15.1 Å². The van der Waals surface area contributed by atoms with Crippen LogP contribution >= 0.6 is 7.82 Å². The predicted molar refractivity (Wildman–Crippen MR) is 130 cm³/mol. The number of benzene rings is 1. The molecule has 1 atom stereocenters. The van der Waals surface area contributed by atoms with Crippen LogP contribution in [0, 0.1) is 0 Å². The fourth-order valence-electron chi connectivity index (χ4n) is 3.70. The van der Waals surface area contributed by atoms with Crippen molar-refractivity contribution in [2.24, 2.45) is 0 Å². The largest absolute Gasteiger partial charge is 0.790 e. The van der Waals surface area contributed by atoms with E-state index in [1.807, 2.05) is 6.07 Å². The monoisotopic (exact) mass is 479 g/mol. The van der Waals surface area contributed by atoms with Crippen molar-refractivity contribution >= 4 is 13.7 Å². The maximum atomic E-state index is 12.3. The Kier molecular flexibility index (Phi) is 16.9. The van der Waals surface area contributed by atoms with Crippen molar-refractivity contribution in [3.8, 4) is 0 Å². The molecular weight excluding hydrogens is 437 g/mol. The Labute approximate surface area is 200 Å². The summed E-state index contributed by atoms with van der Waals surface area (Å²) in [5.41, 5.74) is 0.698. The minimum Gasteiger partial charge on any atom is -0.790 e. The summed E-state index contributed by atoms with van der Waals surface area (Å²) in [6.45, 7) is 1.85. The average molecular weight is 480 g/mol. The van der Waals surface area contributed by atoms with Crippen molar-refractivity contribution in [2.75, 3.05) is 6.61 Å². The molecule has 1 aromatic carbocycles. The standard InChI is InChI=1S/C26H44NO5P/c1-2-3-4-5-6-7-8-9-10-11-12-13-14-15-19-22-26(28)27-25(23-32-33(29,30)31)24-20-17-16-18-21-24/h9-10,16-18,20-21,25H,2-8,11-15,19,22-23H2,1H3,(H,27,28)(H2,29,30,31)/p-2/b10-9-/t25-/m0/s1. The van der Waals surface area contributed by atoms with Gasteiger partial charge in [-0.3, -0.25) is 4.79 Å². The molecule has 6 nitrogen and oxygen atoms in total. The number of hydrogen-bond donors (Lipinski definition) is 1. The fraction of sp³-hybridized carbons (Fsp3) is 0.654. The molecule has 7 heteroatoms. The molecule has 0 bridgehead atoms. The van der Waals surface area contributed by atoms with Gasteiger partial charge >= 0.3 is 0 Å². The van der Waals surface area contributed by atoms with Crippen LogP contribution in [0.5, 0.6) is 0 Å². The first-order valence-electron chi connectivity index (χ1n) is 12.6. The quantitative estimate of drug-likeness (QED) is 0.146. The second-order valence-electron chi connectivity index (χ2n) is 8.61. The van der Waals surface area contributed by atoms with Gasteiger partial charge in [0.05, 0.1) is 20.5 Å². The molecule has 1 amide bonds. The molecule has 0 aromatic heterocycles. The van der Waals surface area contributed by atoms with E-state index in [0.29, 0.717) is 12.0 Å². The van der Waals surface area contributed by atoms with Crippen molar-refractivity contribution in [2.45, 2.75) is 103 Å². The van der Waals surface area contributed by atoms with Crippen molar-refractivity contribution in [1.29, 1.82) is 0 Å². The maximum absolute atomic E-state index is 12.3. The number of carbonyl (C=O) groups excluding carboxylic acids is 1. The number of rotatable bonds is 20. The number of phosphoric acid groups is 1. The van der Waals surface area contributed by atoms with Gasteiger partial charge in [-0.25, -0.2) is 0 Å². The van der Waals surface area contributed by atoms with Gasteiger partial charge in [-0.1, -0.05) is 101 Å². The number of nitrogens with one attached hydrogen (secondary N) is 1. The Morgan fingerprint density at radius 3 is 2.03 bits per heavy atom. The second kappa shape index (κ2) is 18.9. The van der Waals surface area contributed by atoms with E-state index in [2.05, 4.69) is 28.9 Å². The van der Waals surface area contributed by atoms with E-state index in [1.54, 1.807) is 24.3 Å². The number of phosphoric ester groups is 1. The minimum atomic E-state index is -5.09. The maximum Gasteiger partial charge on any atom is 0.220 e. The Hall–Kier alpha value is -1.46. The predicted octanol–water partition coefficient (Wildman–Crippen LogP) is 5.73. The van der Waals surface area contributed by atoms with E-state index in [9.17, 15) is 19.1 Å². The Morgan fingerprint density at radius 1 is 0.909 bits per heavy atom. The van der Waals surface area contributed by atoms with Gasteiger partial charge in [-0.15, -0.1) is 0 Å². The summed E-state index contributed by atoms with van der Waals surface area (Å²) in [6, 6.07) is 8.24. The number of allylic oxidation sites excluding steroid dienone is 2. The molecular formula is C26H42NO5P-2. The highest BCUT2D eigenvalue weighted by molar-refractivity contribution is 7.43. The molecule has 0 heterocycles. The van der Waals surface area contributed by atoms with E-state index in [-0.39, 0.29) is 5.91 Å². The molecule has 0 aliphatic carbocycles. The van der Waals surface area contributed by atoms with E-state index < -0.39 is 20.5 Å². The lowest BCUT2D eigenvalue weighted by Gasteiger charge is -2.31. The third kappa shape index (κ3) is 17.7. The van der Waals surface area contributed by atoms with Crippen LogP contribution in [0.1, 0.15) is 108 Å². The molecule has 0 radical (unpaired) electrons. The number of unbranched alkanes of at least 4 members (excludes halogenated alkanes) is 11. The number of carbonyl (C=O) groups is 1. The zero-order valence-corrected chi connectivity index (χ0v) is 21.1. The first-order valence-corrected chi connectivity index (χ1v) is 14.0. The normalized spacial score (nSPS) is 12.8. The highest BCUT2D eigenvalue weighted by Gasteiger charge is 2.15. The molecule has 0 saturated carbocycles. The zero-order chi connectivity index (χ0) is 24.2. The molecule has 1 N–H and O–H groups in total. The summed E-state index contributed by atoms with van der Waals surface area (Å²) < 4.78 is 15.2. The Morgan fingerprint density at radius 2 is 1.45 bits per heavy atom. The fourth-order valence-corrected chi connectivity index (χ4v) is 4.03. The summed E-state index contributed by atoms with van der Waals surface area (Å²) in [4.78, 5) is 33.9. The molecule has 33 heavy (non-hydrogen) atoms. The van der Waals surface area contributed by atoms with Gasteiger partial charge in [-0.2, -0.15) is 0 Å². The highest BCUT2D eigenvalue weighted by atomic mass is 31.2. The third-order valence-corrected chi connectivity index (χ3v) is 6.07. The Bertz CT molecular complexity index is 689. The summed E-state index contributed by atoms with van der Waals surface area (Å²) in [7, 11) is -5.09. The molecule has 0 aliphatic heterocycles. The first kappa shape index (κ1) is 29.6. The third-order valence-electron chi connectivity index (χ3n) is 5.60. The first-order chi connectivity index (χ1) is 15.9. The molecule has 1 aromatic rings. The summed E-state index contributed by atoms with van der Waals surface area (Å²) in [5.74, 6) is -0.170. The van der Waals surface area contributed by atoms with Crippen LogP contribution in [-0.2, 0) is 13.9 Å². The highest BCUT2D eigenvalue weighted by Crippen LogP contribution is 2.27. The number of hydrogen-bond acceptors (Lipinski definition) is 5. The molecule has 0 aliphatic rings. The summed E-state index contributed by atoms with van der Waals surface area (Å²) in [6.07, 6.45) is 20.5. The summed E-state index contributed by atoms with van der Waals surface area (Å²) >= 11 is 0. The van der Waals surface area contributed by atoms with Crippen molar-refractivity contribution < 1.29 is 23.7 Å². The van der Waals surface area contributed by atoms with Crippen LogP contribution in [0.25, 0.3) is 0 Å². The lowest BCUT2D eigenvalue weighted by molar-refractivity contribution is -0.342. The van der Waals surface area contributed by atoms with Gasteiger partial charge in [0, 0.05) is 6.42 Å². The summed E-state index contributed by atoms with van der Waals surface area (Å²) in [5, 5.41) is 2.78. The van der Waals surface area contributed by atoms with Gasteiger partial charge < -0.3 is 24.2 Å². The molecule has 188 valence electrons. The SMILES string of the molecule is CCCCCCCC/C=C\CCCCCCCC(=O)N[C@@H](COP(=O)([O-])[O-])c1ccccc1. The van der Waals surface area contributed by atoms with E-state index >= 15 is 0 Å². The van der Waals surface area contributed by atoms with E-state index in [0.717, 1.165) is 32.1 Å². The molecule has 1 rings (SSSR count). The second-order valence-corrected chi connectivity index (χ2v) is 9.76. The topological polar surface area (TPSA) is 102 Å². The molecule has 0 spiro atoms. The zero-order valence-electron chi connectivity index (χ0n) is 20.2. The van der Waals surface area contributed by atoms with Crippen molar-refractivity contribution in [3.63, 3.8) is 0 Å². The lowest BCUT2D eigenvalue weighted by atomic mass is 10.1. The average Bonchev–Trinajstić information content (AvgIpc) is 2.79. The van der Waals surface area contributed by atoms with Gasteiger partial charge in [0.15, 0.2) is 0 Å². The molecule has 0 fully saturated rings. The van der Waals surface area contributed by atoms with Crippen LogP contribution in [0.3, 0.4) is 0 Å². The van der Waals surface area contributed by atoms with Crippen LogP contribution in [0.15, 0.2) is 42.5 Å². The van der Waals surface area contributed by atoms with Crippen LogP contribution in [-0.4, -0.2) is 12.5 Å². The van der Waals surface area contributed by atoms with Gasteiger partial charge in [0.1, 0.15) is 0 Å². The van der Waals surface area contributed by atoms with Crippen molar-refractivity contribution in [1.82, 2.24) is 5.32 Å².